The van der Waals surface area contributed by atoms with Crippen molar-refractivity contribution in [1.29, 1.82) is 0 Å². The van der Waals surface area contributed by atoms with E-state index in [0.717, 1.165) is 22.3 Å². The van der Waals surface area contributed by atoms with Gasteiger partial charge in [-0.05, 0) is 30.3 Å². The molecule has 0 aliphatic heterocycles. The molecule has 0 spiro atoms. The lowest BCUT2D eigenvalue weighted by molar-refractivity contribution is 0.0946. The first-order chi connectivity index (χ1) is 12.6. The molecule has 0 unspecified atom stereocenters. The summed E-state index contributed by atoms with van der Waals surface area (Å²) in [5.41, 5.74) is 2.98. The van der Waals surface area contributed by atoms with Crippen LogP contribution in [0.1, 0.15) is 16.1 Å². The number of nitrogens with zero attached hydrogens (tertiary/aromatic N) is 1. The van der Waals surface area contributed by atoms with Gasteiger partial charge in [-0.1, -0.05) is 35.9 Å². The summed E-state index contributed by atoms with van der Waals surface area (Å²) in [7, 11) is 0. The van der Waals surface area contributed by atoms with Crippen molar-refractivity contribution in [3.05, 3.63) is 76.7 Å². The van der Waals surface area contributed by atoms with Gasteiger partial charge in [0.25, 0.3) is 5.91 Å². The molecule has 4 rings (SSSR count). The van der Waals surface area contributed by atoms with Crippen molar-refractivity contribution in [3.8, 4) is 11.4 Å². The summed E-state index contributed by atoms with van der Waals surface area (Å²) >= 11 is 5.98. The molecular formula is C19H14ClFN4O. The molecule has 26 heavy (non-hydrogen) atoms. The summed E-state index contributed by atoms with van der Waals surface area (Å²) in [5.74, 6) is -0.802. The second kappa shape index (κ2) is 6.65. The number of amides is 1. The van der Waals surface area contributed by atoms with E-state index >= 15 is 0 Å². The molecule has 0 radical (unpaired) electrons. The SMILES string of the molecule is O=C(NCc1c(F)cccc1Cl)c1ccc(-c2n[nH]c3ccccc23)[nH]1. The Hall–Kier alpha value is -3.12. The highest BCUT2D eigenvalue weighted by molar-refractivity contribution is 6.31. The Bertz CT molecular complexity index is 1080. The largest absolute Gasteiger partial charge is 0.349 e. The van der Waals surface area contributed by atoms with Gasteiger partial charge in [-0.25, -0.2) is 4.39 Å². The van der Waals surface area contributed by atoms with Gasteiger partial charge in [0, 0.05) is 22.5 Å². The zero-order chi connectivity index (χ0) is 18.1. The van der Waals surface area contributed by atoms with Crippen molar-refractivity contribution in [2.45, 2.75) is 6.54 Å². The maximum absolute atomic E-state index is 13.8. The van der Waals surface area contributed by atoms with Crippen LogP contribution in [-0.4, -0.2) is 21.1 Å². The summed E-state index contributed by atoms with van der Waals surface area (Å²) < 4.78 is 13.8. The van der Waals surface area contributed by atoms with Gasteiger partial charge in [-0.3, -0.25) is 9.89 Å². The molecule has 0 aliphatic carbocycles. The number of rotatable bonds is 4. The molecule has 0 atom stereocenters. The summed E-state index contributed by atoms with van der Waals surface area (Å²) in [6.07, 6.45) is 0. The van der Waals surface area contributed by atoms with E-state index in [1.165, 1.54) is 12.1 Å². The van der Waals surface area contributed by atoms with Crippen molar-refractivity contribution in [3.63, 3.8) is 0 Å². The third kappa shape index (κ3) is 2.95. The van der Waals surface area contributed by atoms with Crippen LogP contribution in [0, 0.1) is 5.82 Å². The Labute approximate surface area is 153 Å². The van der Waals surface area contributed by atoms with Gasteiger partial charge in [-0.2, -0.15) is 5.10 Å². The number of aromatic amines is 2. The van der Waals surface area contributed by atoms with Gasteiger partial charge in [0.1, 0.15) is 17.2 Å². The van der Waals surface area contributed by atoms with Crippen molar-refractivity contribution < 1.29 is 9.18 Å². The molecule has 2 aromatic carbocycles. The predicted molar refractivity (Wildman–Crippen MR) is 98.5 cm³/mol. The second-order valence-corrected chi connectivity index (χ2v) is 6.19. The zero-order valence-electron chi connectivity index (χ0n) is 13.5. The fourth-order valence-corrected chi connectivity index (χ4v) is 3.03. The van der Waals surface area contributed by atoms with Crippen LogP contribution in [0.2, 0.25) is 5.02 Å². The molecule has 5 nitrogen and oxygen atoms in total. The fourth-order valence-electron chi connectivity index (χ4n) is 2.80. The monoisotopic (exact) mass is 368 g/mol. The first-order valence-electron chi connectivity index (χ1n) is 7.97. The lowest BCUT2D eigenvalue weighted by atomic mass is 10.2. The Morgan fingerprint density at radius 1 is 1.12 bits per heavy atom. The first-order valence-corrected chi connectivity index (χ1v) is 8.35. The Morgan fingerprint density at radius 3 is 2.81 bits per heavy atom. The molecule has 0 bridgehead atoms. The minimum Gasteiger partial charge on any atom is -0.349 e. The molecule has 130 valence electrons. The highest BCUT2D eigenvalue weighted by Gasteiger charge is 2.14. The first kappa shape index (κ1) is 16.4. The Balaban J connectivity index is 1.53. The number of hydrogen-bond acceptors (Lipinski definition) is 2. The maximum atomic E-state index is 13.8. The van der Waals surface area contributed by atoms with Gasteiger partial charge in [0.15, 0.2) is 0 Å². The minimum atomic E-state index is -0.451. The van der Waals surface area contributed by atoms with E-state index in [-0.39, 0.29) is 23.0 Å². The number of carbonyl (C=O) groups excluding carboxylic acids is 1. The predicted octanol–water partition coefficient (Wildman–Crippen LogP) is 4.28. The number of fused-ring (bicyclic) bond motifs is 1. The molecule has 1 amide bonds. The van der Waals surface area contributed by atoms with E-state index in [0.29, 0.717) is 5.69 Å². The molecule has 0 fully saturated rings. The normalized spacial score (nSPS) is 11.0. The third-order valence-electron chi connectivity index (χ3n) is 4.14. The van der Waals surface area contributed by atoms with Gasteiger partial charge in [0.05, 0.1) is 11.2 Å². The number of halogens is 2. The van der Waals surface area contributed by atoms with Crippen LogP contribution in [0.4, 0.5) is 4.39 Å². The lowest BCUT2D eigenvalue weighted by Crippen LogP contribution is -2.23. The van der Waals surface area contributed by atoms with Crippen molar-refractivity contribution in [2.75, 3.05) is 0 Å². The van der Waals surface area contributed by atoms with Crippen LogP contribution >= 0.6 is 11.6 Å². The number of carbonyl (C=O) groups is 1. The van der Waals surface area contributed by atoms with Gasteiger partial charge >= 0.3 is 0 Å². The maximum Gasteiger partial charge on any atom is 0.267 e. The number of hydrogen-bond donors (Lipinski definition) is 3. The van der Waals surface area contributed by atoms with Crippen molar-refractivity contribution in [1.82, 2.24) is 20.5 Å². The number of para-hydroxylation sites is 1. The smallest absolute Gasteiger partial charge is 0.267 e. The zero-order valence-corrected chi connectivity index (χ0v) is 14.3. The van der Waals surface area contributed by atoms with Crippen LogP contribution < -0.4 is 5.32 Å². The fraction of sp³-hybridized carbons (Fsp3) is 0.0526. The molecular weight excluding hydrogens is 355 g/mol. The summed E-state index contributed by atoms with van der Waals surface area (Å²) in [6.45, 7) is 0.00400. The molecule has 0 saturated carbocycles. The average molecular weight is 369 g/mol. The van der Waals surface area contributed by atoms with E-state index < -0.39 is 5.82 Å². The molecule has 0 aliphatic rings. The number of nitrogens with one attached hydrogen (secondary N) is 3. The standard InChI is InChI=1S/C19H14ClFN4O/c20-13-5-3-6-14(21)12(13)10-22-19(26)17-9-8-16(23-17)18-11-4-1-2-7-15(11)24-25-18/h1-9,23H,10H2,(H,22,26)(H,24,25). The molecule has 7 heteroatoms. The van der Waals surface area contributed by atoms with E-state index in [1.807, 2.05) is 24.3 Å². The second-order valence-electron chi connectivity index (χ2n) is 5.79. The highest BCUT2D eigenvalue weighted by Crippen LogP contribution is 2.25. The number of benzene rings is 2. The van der Waals surface area contributed by atoms with E-state index in [1.54, 1.807) is 18.2 Å². The highest BCUT2D eigenvalue weighted by atomic mass is 35.5. The Morgan fingerprint density at radius 2 is 1.96 bits per heavy atom. The summed E-state index contributed by atoms with van der Waals surface area (Å²) in [4.78, 5) is 15.4. The van der Waals surface area contributed by atoms with Crippen LogP contribution in [0.15, 0.2) is 54.6 Å². The van der Waals surface area contributed by atoms with E-state index in [4.69, 9.17) is 11.6 Å². The van der Waals surface area contributed by atoms with Gasteiger partial charge < -0.3 is 10.3 Å². The molecule has 3 N–H and O–H groups in total. The molecule has 4 aromatic rings. The third-order valence-corrected chi connectivity index (χ3v) is 4.50. The van der Waals surface area contributed by atoms with Crippen LogP contribution in [0.5, 0.6) is 0 Å². The molecule has 0 saturated heterocycles. The topological polar surface area (TPSA) is 73.6 Å². The van der Waals surface area contributed by atoms with Crippen LogP contribution in [-0.2, 0) is 6.54 Å². The lowest BCUT2D eigenvalue weighted by Gasteiger charge is -2.07. The average Bonchev–Trinajstić information content (AvgIpc) is 3.28. The molecule has 2 aromatic heterocycles. The van der Waals surface area contributed by atoms with Crippen LogP contribution in [0.3, 0.4) is 0 Å². The van der Waals surface area contributed by atoms with Crippen molar-refractivity contribution >= 4 is 28.4 Å². The summed E-state index contributed by atoms with van der Waals surface area (Å²) in [6, 6.07) is 15.6. The van der Waals surface area contributed by atoms with E-state index in [2.05, 4.69) is 20.5 Å². The van der Waals surface area contributed by atoms with Crippen LogP contribution in [0.25, 0.3) is 22.3 Å². The number of aromatic nitrogens is 3. The van der Waals surface area contributed by atoms with Crippen molar-refractivity contribution in [2.24, 2.45) is 0 Å². The quantitative estimate of drug-likeness (QED) is 0.503. The van der Waals surface area contributed by atoms with Gasteiger partial charge in [-0.15, -0.1) is 0 Å². The van der Waals surface area contributed by atoms with Gasteiger partial charge in [0.2, 0.25) is 0 Å². The summed E-state index contributed by atoms with van der Waals surface area (Å²) in [5, 5.41) is 11.2. The van der Waals surface area contributed by atoms with E-state index in [9.17, 15) is 9.18 Å². The number of H-pyrrole nitrogens is 2. The minimum absolute atomic E-state index is 0.00400. The molecule has 2 heterocycles. The Kier molecular flexibility index (Phi) is 4.18.